The van der Waals surface area contributed by atoms with Gasteiger partial charge in [-0.1, -0.05) is 19.8 Å². The van der Waals surface area contributed by atoms with Gasteiger partial charge < -0.3 is 26.2 Å². The molecular formula is C14H28N4O4. The average Bonchev–Trinajstić information content (AvgIpc) is 2.43. The smallest absolute Gasteiger partial charge is 0.326 e. The van der Waals surface area contributed by atoms with Gasteiger partial charge in [-0.05, 0) is 26.2 Å². The van der Waals surface area contributed by atoms with Crippen LogP contribution in [0, 0.1) is 5.41 Å². The number of aliphatic hydroxyl groups excluding tert-OH is 1. The second-order valence-electron chi connectivity index (χ2n) is 5.25. The van der Waals surface area contributed by atoms with Crippen molar-refractivity contribution in [3.05, 3.63) is 0 Å². The summed E-state index contributed by atoms with van der Waals surface area (Å²) in [6.45, 7) is 4.04. The molecule has 0 heterocycles. The predicted octanol–water partition coefficient (Wildman–Crippen LogP) is 0.102. The van der Waals surface area contributed by atoms with Gasteiger partial charge in [0, 0.05) is 13.1 Å². The highest BCUT2D eigenvalue weighted by atomic mass is 16.4. The van der Waals surface area contributed by atoms with Gasteiger partial charge in [0.1, 0.15) is 12.1 Å². The number of aliphatic hydroxyl groups is 1. The van der Waals surface area contributed by atoms with Gasteiger partial charge >= 0.3 is 5.97 Å². The van der Waals surface area contributed by atoms with E-state index < -0.39 is 24.0 Å². The first-order valence-electron chi connectivity index (χ1n) is 7.60. The van der Waals surface area contributed by atoms with Crippen LogP contribution < -0.4 is 11.1 Å². The maximum Gasteiger partial charge on any atom is 0.326 e. The Morgan fingerprint density at radius 3 is 2.41 bits per heavy atom. The number of nitrogens with two attached hydrogens (primary N) is 1. The van der Waals surface area contributed by atoms with Crippen LogP contribution in [0.25, 0.3) is 0 Å². The highest BCUT2D eigenvalue weighted by Crippen LogP contribution is 2.12. The molecular weight excluding hydrogens is 288 g/mol. The molecule has 0 saturated heterocycles. The van der Waals surface area contributed by atoms with Gasteiger partial charge in [0.05, 0.1) is 0 Å². The molecule has 0 saturated carbocycles. The molecule has 2 atom stereocenters. The molecule has 6 N–H and O–H groups in total. The average molecular weight is 316 g/mol. The Morgan fingerprint density at radius 1 is 1.32 bits per heavy atom. The number of nitrogens with one attached hydrogen (secondary N) is 2. The number of carbonyl (C=O) groups is 2. The Labute approximate surface area is 131 Å². The van der Waals surface area contributed by atoms with E-state index in [0.29, 0.717) is 25.9 Å². The quantitative estimate of drug-likeness (QED) is 0.208. The molecule has 0 aliphatic carbocycles. The Balaban J connectivity index is 4.77. The monoisotopic (exact) mass is 316 g/mol. The zero-order chi connectivity index (χ0) is 17.1. The lowest BCUT2D eigenvalue weighted by Crippen LogP contribution is -2.49. The normalized spacial score (nSPS) is 13.2. The minimum atomic E-state index is -1.22. The van der Waals surface area contributed by atoms with E-state index in [2.05, 4.69) is 5.32 Å². The molecule has 0 aromatic carbocycles. The maximum atomic E-state index is 12.1. The molecule has 0 aromatic rings. The minimum absolute atomic E-state index is 0.174. The fourth-order valence-corrected chi connectivity index (χ4v) is 2.12. The first-order valence-corrected chi connectivity index (χ1v) is 7.60. The molecule has 2 unspecified atom stereocenters. The van der Waals surface area contributed by atoms with E-state index in [1.807, 2.05) is 6.92 Å². The number of rotatable bonds is 11. The minimum Gasteiger partial charge on any atom is -0.480 e. The maximum absolute atomic E-state index is 12.1. The molecule has 0 rings (SSSR count). The van der Waals surface area contributed by atoms with Gasteiger partial charge in [0.15, 0.2) is 5.96 Å². The lowest BCUT2D eigenvalue weighted by atomic mass is 10.1. The highest BCUT2D eigenvalue weighted by molar-refractivity contribution is 5.86. The number of carboxylic acids is 1. The molecule has 0 fully saturated rings. The van der Waals surface area contributed by atoms with Gasteiger partial charge in [-0.15, -0.1) is 0 Å². The fraction of sp³-hybridized carbons (Fsp3) is 0.786. The van der Waals surface area contributed by atoms with Crippen molar-refractivity contribution in [1.29, 1.82) is 5.41 Å². The Kier molecular flexibility index (Phi) is 9.93. The summed E-state index contributed by atoms with van der Waals surface area (Å²) >= 11 is 0. The van der Waals surface area contributed by atoms with Crippen molar-refractivity contribution < 1.29 is 19.8 Å². The van der Waals surface area contributed by atoms with E-state index >= 15 is 0 Å². The van der Waals surface area contributed by atoms with Crippen LogP contribution in [0.4, 0.5) is 0 Å². The van der Waals surface area contributed by atoms with Crippen LogP contribution in [-0.4, -0.2) is 58.2 Å². The first kappa shape index (κ1) is 20.2. The van der Waals surface area contributed by atoms with Crippen LogP contribution in [0.3, 0.4) is 0 Å². The third-order valence-electron chi connectivity index (χ3n) is 3.27. The van der Waals surface area contributed by atoms with Gasteiger partial charge in [0.2, 0.25) is 0 Å². The Hall–Kier alpha value is -1.83. The van der Waals surface area contributed by atoms with Gasteiger partial charge in [-0.25, -0.2) is 4.79 Å². The second kappa shape index (κ2) is 10.8. The zero-order valence-electron chi connectivity index (χ0n) is 13.3. The summed E-state index contributed by atoms with van der Waals surface area (Å²) in [5, 5.41) is 28.5. The zero-order valence-corrected chi connectivity index (χ0v) is 13.3. The molecule has 0 aliphatic heterocycles. The fourth-order valence-electron chi connectivity index (χ4n) is 2.12. The molecule has 1 amide bonds. The van der Waals surface area contributed by atoms with Crippen molar-refractivity contribution in [1.82, 2.24) is 10.2 Å². The lowest BCUT2D eigenvalue weighted by Gasteiger charge is -2.30. The molecule has 0 bridgehead atoms. The Bertz CT molecular complexity index is 374. The number of hydrogen-bond donors (Lipinski definition) is 5. The standard InChI is InChI=1S/C14H28N4O4/c1-3-4-5-9-18(12(20)10(2)19)11(13(21)22)7-6-8-17-14(15)16/h10-11,19H,3-9H2,1-2H3,(H,21,22)(H4,15,16,17). The van der Waals surface area contributed by atoms with Crippen LogP contribution in [0.5, 0.6) is 0 Å². The molecule has 0 aliphatic rings. The van der Waals surface area contributed by atoms with E-state index in [-0.39, 0.29) is 12.4 Å². The van der Waals surface area contributed by atoms with Crippen molar-refractivity contribution in [2.45, 2.75) is 58.1 Å². The Morgan fingerprint density at radius 2 is 1.95 bits per heavy atom. The summed E-state index contributed by atoms with van der Waals surface area (Å²) in [4.78, 5) is 24.8. The SMILES string of the molecule is CCCCCN(C(=O)C(C)O)C(CCCNC(=N)N)C(=O)O. The number of carbonyl (C=O) groups excluding carboxylic acids is 1. The predicted molar refractivity (Wildman–Crippen MR) is 83.5 cm³/mol. The summed E-state index contributed by atoms with van der Waals surface area (Å²) in [6, 6.07) is -0.979. The number of aliphatic carboxylic acids is 1. The van der Waals surface area contributed by atoms with E-state index in [0.717, 1.165) is 12.8 Å². The number of guanidine groups is 1. The number of carboxylic acid groups (broad SMARTS) is 1. The topological polar surface area (TPSA) is 140 Å². The molecule has 0 spiro atoms. The van der Waals surface area contributed by atoms with E-state index in [1.165, 1.54) is 11.8 Å². The molecule has 8 heteroatoms. The van der Waals surface area contributed by atoms with Crippen LogP contribution in [0.2, 0.25) is 0 Å². The number of amides is 1. The molecule has 0 aromatic heterocycles. The largest absolute Gasteiger partial charge is 0.480 e. The van der Waals surface area contributed by atoms with Gasteiger partial charge in [-0.2, -0.15) is 0 Å². The van der Waals surface area contributed by atoms with Crippen LogP contribution >= 0.6 is 0 Å². The van der Waals surface area contributed by atoms with Crippen molar-refractivity contribution in [3.63, 3.8) is 0 Å². The van der Waals surface area contributed by atoms with Crippen molar-refractivity contribution in [2.75, 3.05) is 13.1 Å². The summed E-state index contributed by atoms with van der Waals surface area (Å²) < 4.78 is 0. The van der Waals surface area contributed by atoms with Gasteiger partial charge in [0.25, 0.3) is 5.91 Å². The van der Waals surface area contributed by atoms with Crippen LogP contribution in [0.15, 0.2) is 0 Å². The lowest BCUT2D eigenvalue weighted by molar-refractivity contribution is -0.154. The summed E-state index contributed by atoms with van der Waals surface area (Å²) in [6.07, 6.45) is 2.01. The molecule has 128 valence electrons. The van der Waals surface area contributed by atoms with Crippen LogP contribution in [0.1, 0.15) is 46.0 Å². The van der Waals surface area contributed by atoms with Crippen LogP contribution in [-0.2, 0) is 9.59 Å². The third kappa shape index (κ3) is 7.82. The first-order chi connectivity index (χ1) is 10.3. The van der Waals surface area contributed by atoms with Gasteiger partial charge in [-0.3, -0.25) is 10.2 Å². The molecule has 0 radical (unpaired) electrons. The second-order valence-corrected chi connectivity index (χ2v) is 5.25. The summed E-state index contributed by atoms with van der Waals surface area (Å²) in [5.41, 5.74) is 5.16. The number of unbranched alkanes of at least 4 members (excludes halogenated alkanes) is 2. The number of nitrogens with zero attached hydrogens (tertiary/aromatic N) is 1. The van der Waals surface area contributed by atoms with Crippen molar-refractivity contribution in [2.24, 2.45) is 5.73 Å². The highest BCUT2D eigenvalue weighted by Gasteiger charge is 2.30. The van der Waals surface area contributed by atoms with Crippen molar-refractivity contribution >= 4 is 17.8 Å². The van der Waals surface area contributed by atoms with E-state index in [1.54, 1.807) is 0 Å². The van der Waals surface area contributed by atoms with E-state index in [9.17, 15) is 19.8 Å². The van der Waals surface area contributed by atoms with E-state index in [4.69, 9.17) is 11.1 Å². The number of hydrogen-bond acceptors (Lipinski definition) is 4. The van der Waals surface area contributed by atoms with Crippen molar-refractivity contribution in [3.8, 4) is 0 Å². The molecule has 8 nitrogen and oxygen atoms in total. The summed E-state index contributed by atoms with van der Waals surface area (Å²) in [7, 11) is 0. The molecule has 22 heavy (non-hydrogen) atoms. The summed E-state index contributed by atoms with van der Waals surface area (Å²) in [5.74, 6) is -1.83. The third-order valence-corrected chi connectivity index (χ3v) is 3.27.